The van der Waals surface area contributed by atoms with E-state index in [1.165, 1.54) is 46.6 Å². The SMILES string of the molecule is CC(=Pc1c(C)cc(C)cc1C)C(=Nc1c(C)cccc1C)c1ccccc1. The topological polar surface area (TPSA) is 12.4 Å². The van der Waals surface area contributed by atoms with Gasteiger partial charge in [-0.1, -0.05) is 74.4 Å². The van der Waals surface area contributed by atoms with Gasteiger partial charge in [0, 0.05) is 16.2 Å². The zero-order chi connectivity index (χ0) is 20.3. The van der Waals surface area contributed by atoms with Crippen LogP contribution in [-0.4, -0.2) is 11.0 Å². The second kappa shape index (κ2) is 8.67. The highest BCUT2D eigenvalue weighted by Gasteiger charge is 2.11. The van der Waals surface area contributed by atoms with Crippen molar-refractivity contribution in [3.05, 3.63) is 94.0 Å². The second-order valence-electron chi connectivity index (χ2n) is 7.51. The summed E-state index contributed by atoms with van der Waals surface area (Å²) in [6.07, 6.45) is 0. The number of hydrogen-bond acceptors (Lipinski definition) is 1. The molecular formula is C26H28NP. The minimum absolute atomic E-state index is 1.07. The molecule has 0 spiro atoms. The molecule has 3 rings (SSSR count). The van der Waals surface area contributed by atoms with Crippen LogP contribution in [0.4, 0.5) is 5.69 Å². The Kier molecular flexibility index (Phi) is 6.27. The average Bonchev–Trinajstić information content (AvgIpc) is 2.65. The summed E-state index contributed by atoms with van der Waals surface area (Å²) in [4.78, 5) is 5.17. The fraction of sp³-hybridized carbons (Fsp3) is 0.231. The Morgan fingerprint density at radius 1 is 0.714 bits per heavy atom. The number of aliphatic imine (C=N–C) groups is 1. The van der Waals surface area contributed by atoms with E-state index in [4.69, 9.17) is 4.99 Å². The molecule has 0 aliphatic rings. The van der Waals surface area contributed by atoms with Crippen LogP contribution in [-0.2, 0) is 0 Å². The maximum atomic E-state index is 5.17. The summed E-state index contributed by atoms with van der Waals surface area (Å²) in [6, 6.07) is 21.4. The molecule has 2 heteroatoms. The lowest BCUT2D eigenvalue weighted by Crippen LogP contribution is -2.14. The monoisotopic (exact) mass is 385 g/mol. The highest BCUT2D eigenvalue weighted by molar-refractivity contribution is 7.52. The van der Waals surface area contributed by atoms with Crippen molar-refractivity contribution >= 4 is 30.2 Å². The van der Waals surface area contributed by atoms with Crippen LogP contribution in [0.1, 0.15) is 40.3 Å². The van der Waals surface area contributed by atoms with Gasteiger partial charge in [-0.15, -0.1) is 0 Å². The van der Waals surface area contributed by atoms with Gasteiger partial charge in [-0.05, 0) is 63.8 Å². The van der Waals surface area contributed by atoms with Crippen molar-refractivity contribution in [2.75, 3.05) is 0 Å². The van der Waals surface area contributed by atoms with Crippen LogP contribution in [0.2, 0.25) is 0 Å². The highest BCUT2D eigenvalue weighted by Crippen LogP contribution is 2.25. The lowest BCUT2D eigenvalue weighted by molar-refractivity contribution is 1.33. The fourth-order valence-electron chi connectivity index (χ4n) is 3.61. The Morgan fingerprint density at radius 3 is 1.86 bits per heavy atom. The van der Waals surface area contributed by atoms with Crippen molar-refractivity contribution < 1.29 is 0 Å². The third kappa shape index (κ3) is 4.49. The predicted octanol–water partition coefficient (Wildman–Crippen LogP) is 6.81. The van der Waals surface area contributed by atoms with E-state index in [9.17, 15) is 0 Å². The summed E-state index contributed by atoms with van der Waals surface area (Å²) in [5, 5.41) is 2.65. The van der Waals surface area contributed by atoms with Crippen molar-refractivity contribution in [1.82, 2.24) is 0 Å². The van der Waals surface area contributed by atoms with E-state index in [0.717, 1.165) is 17.0 Å². The molecule has 0 atom stereocenters. The van der Waals surface area contributed by atoms with Gasteiger partial charge in [-0.2, -0.15) is 0 Å². The molecule has 0 N–H and O–H groups in total. The molecule has 3 aromatic rings. The largest absolute Gasteiger partial charge is 0.247 e. The number of aryl methyl sites for hydroxylation is 5. The maximum Gasteiger partial charge on any atom is 0.0784 e. The fourth-order valence-corrected chi connectivity index (χ4v) is 4.72. The molecule has 0 aromatic heterocycles. The standard InChI is InChI=1S/C26H28NP/c1-17-15-20(4)26(21(5)16-17)28-22(6)25(23-13-8-7-9-14-23)27-24-18(2)11-10-12-19(24)3/h7-16H,1-6H3. The van der Waals surface area contributed by atoms with Gasteiger partial charge in [-0.3, -0.25) is 0 Å². The molecule has 0 radical (unpaired) electrons. The van der Waals surface area contributed by atoms with E-state index in [0.29, 0.717) is 0 Å². The maximum absolute atomic E-state index is 5.17. The molecule has 0 fully saturated rings. The van der Waals surface area contributed by atoms with Crippen LogP contribution < -0.4 is 5.30 Å². The van der Waals surface area contributed by atoms with Gasteiger partial charge in [0.2, 0.25) is 0 Å². The van der Waals surface area contributed by atoms with Crippen LogP contribution in [0.15, 0.2) is 65.7 Å². The molecule has 0 bridgehead atoms. The molecular weight excluding hydrogens is 357 g/mol. The second-order valence-corrected chi connectivity index (χ2v) is 8.85. The molecule has 0 aliphatic heterocycles. The minimum Gasteiger partial charge on any atom is -0.247 e. The van der Waals surface area contributed by atoms with Crippen molar-refractivity contribution in [1.29, 1.82) is 0 Å². The Balaban J connectivity index is 2.20. The summed E-state index contributed by atoms with van der Waals surface area (Å²) in [5.74, 6) is 0. The average molecular weight is 385 g/mol. The van der Waals surface area contributed by atoms with Crippen LogP contribution in [0.5, 0.6) is 0 Å². The normalized spacial score (nSPS) is 12.4. The Morgan fingerprint density at radius 2 is 1.29 bits per heavy atom. The molecule has 0 amide bonds. The molecule has 1 nitrogen and oxygen atoms in total. The van der Waals surface area contributed by atoms with Crippen LogP contribution in [0.3, 0.4) is 0 Å². The zero-order valence-electron chi connectivity index (χ0n) is 17.7. The molecule has 142 valence electrons. The quantitative estimate of drug-likeness (QED) is 0.345. The van der Waals surface area contributed by atoms with E-state index < -0.39 is 0 Å². The molecule has 0 unspecified atom stereocenters. The van der Waals surface area contributed by atoms with Crippen molar-refractivity contribution in [3.63, 3.8) is 0 Å². The number of hydrogen-bond donors (Lipinski definition) is 0. The Bertz CT molecular complexity index is 1020. The first-order valence-electron chi connectivity index (χ1n) is 9.70. The number of nitrogens with zero attached hydrogens (tertiary/aromatic N) is 1. The summed E-state index contributed by atoms with van der Waals surface area (Å²) in [7, 11) is 1.22. The van der Waals surface area contributed by atoms with Gasteiger partial charge in [0.25, 0.3) is 0 Å². The summed E-state index contributed by atoms with van der Waals surface area (Å²) in [6.45, 7) is 13.1. The number of para-hydroxylation sites is 1. The van der Waals surface area contributed by atoms with E-state index in [2.05, 4.69) is 102 Å². The van der Waals surface area contributed by atoms with E-state index in [1.54, 1.807) is 0 Å². The van der Waals surface area contributed by atoms with Crippen molar-refractivity contribution in [3.8, 4) is 0 Å². The van der Waals surface area contributed by atoms with Crippen molar-refractivity contribution in [2.24, 2.45) is 4.99 Å². The summed E-state index contributed by atoms with van der Waals surface area (Å²) < 4.78 is 0. The molecule has 0 saturated carbocycles. The third-order valence-corrected chi connectivity index (χ3v) is 6.44. The molecule has 0 saturated heterocycles. The van der Waals surface area contributed by atoms with E-state index in [-0.39, 0.29) is 0 Å². The summed E-state index contributed by atoms with van der Waals surface area (Å²) >= 11 is 0. The van der Waals surface area contributed by atoms with Crippen LogP contribution in [0.25, 0.3) is 0 Å². The minimum atomic E-state index is 1.07. The third-order valence-electron chi connectivity index (χ3n) is 4.97. The van der Waals surface area contributed by atoms with Gasteiger partial charge in [0.1, 0.15) is 0 Å². The van der Waals surface area contributed by atoms with Crippen LogP contribution >= 0.6 is 8.20 Å². The van der Waals surface area contributed by atoms with Crippen molar-refractivity contribution in [2.45, 2.75) is 41.5 Å². The molecule has 28 heavy (non-hydrogen) atoms. The molecule has 0 aliphatic carbocycles. The predicted molar refractivity (Wildman–Crippen MR) is 126 cm³/mol. The zero-order valence-corrected chi connectivity index (χ0v) is 18.6. The number of benzene rings is 3. The van der Waals surface area contributed by atoms with E-state index in [1.807, 2.05) is 0 Å². The highest BCUT2D eigenvalue weighted by atomic mass is 31.1. The lowest BCUT2D eigenvalue weighted by Gasteiger charge is -2.13. The van der Waals surface area contributed by atoms with Gasteiger partial charge < -0.3 is 0 Å². The summed E-state index contributed by atoms with van der Waals surface area (Å²) in [5.41, 5.74) is 9.74. The van der Waals surface area contributed by atoms with Gasteiger partial charge in [0.15, 0.2) is 0 Å². The first kappa shape index (κ1) is 20.2. The smallest absolute Gasteiger partial charge is 0.0784 e. The Hall–Kier alpha value is -2.50. The Labute approximate surface area is 171 Å². The molecule has 3 aromatic carbocycles. The molecule has 0 heterocycles. The lowest BCUT2D eigenvalue weighted by atomic mass is 10.1. The first-order valence-corrected chi connectivity index (χ1v) is 10.6. The first-order chi connectivity index (χ1) is 13.4. The van der Waals surface area contributed by atoms with Gasteiger partial charge in [-0.25, -0.2) is 4.99 Å². The van der Waals surface area contributed by atoms with Gasteiger partial charge in [0.05, 0.1) is 11.4 Å². The van der Waals surface area contributed by atoms with Crippen LogP contribution in [0, 0.1) is 34.6 Å². The van der Waals surface area contributed by atoms with E-state index >= 15 is 0 Å². The van der Waals surface area contributed by atoms with Gasteiger partial charge >= 0.3 is 0 Å². The number of rotatable bonds is 4.